The van der Waals surface area contributed by atoms with Crippen LogP contribution in [0.1, 0.15) is 37.0 Å². The van der Waals surface area contributed by atoms with E-state index in [1.807, 2.05) is 0 Å². The highest BCUT2D eigenvalue weighted by atomic mass is 16.5. The first kappa shape index (κ1) is 18.0. The molecule has 10 nitrogen and oxygen atoms in total. The summed E-state index contributed by atoms with van der Waals surface area (Å²) in [5.41, 5.74) is 10.9. The van der Waals surface area contributed by atoms with E-state index in [4.69, 9.17) is 21.1 Å². The highest BCUT2D eigenvalue weighted by Gasteiger charge is 2.15. The van der Waals surface area contributed by atoms with Crippen molar-refractivity contribution in [3.63, 3.8) is 0 Å². The minimum absolute atomic E-state index is 0.00857. The second-order valence-corrected chi connectivity index (χ2v) is 4.69. The summed E-state index contributed by atoms with van der Waals surface area (Å²) in [7, 11) is 0. The highest BCUT2D eigenvalue weighted by Crippen LogP contribution is 2.05. The summed E-state index contributed by atoms with van der Waals surface area (Å²) in [4.78, 5) is 26.4. The lowest BCUT2D eigenvalue weighted by atomic mass is 10.1. The monoisotopic (exact) mass is 314 g/mol. The minimum atomic E-state index is -0.728. The van der Waals surface area contributed by atoms with Crippen LogP contribution in [0.2, 0.25) is 0 Å². The van der Waals surface area contributed by atoms with Crippen LogP contribution < -0.4 is 22.1 Å². The Hall–Kier alpha value is -2.04. The molecule has 124 valence electrons. The van der Waals surface area contributed by atoms with E-state index >= 15 is 0 Å². The standard InChI is InChI=1S/C12H22N6O4/c13-4-2-1-3-8(6-19)16-12(21)15-5-10-17-11(18-22-10)9(14)7-20/h6,8-9,20H,1-5,7,13-14H2,(H2,15,16,21). The summed E-state index contributed by atoms with van der Waals surface area (Å²) >= 11 is 0. The number of aliphatic hydroxyl groups is 1. The molecule has 0 aliphatic carbocycles. The van der Waals surface area contributed by atoms with E-state index in [0.717, 1.165) is 12.8 Å². The fourth-order valence-corrected chi connectivity index (χ4v) is 1.63. The van der Waals surface area contributed by atoms with Gasteiger partial charge >= 0.3 is 6.03 Å². The Morgan fingerprint density at radius 3 is 2.86 bits per heavy atom. The van der Waals surface area contributed by atoms with Gasteiger partial charge in [-0.3, -0.25) is 0 Å². The second kappa shape index (κ2) is 9.82. The SMILES string of the molecule is NCCCCC(C=O)NC(=O)NCc1nc(C(N)CO)no1. The van der Waals surface area contributed by atoms with Gasteiger partial charge in [-0.05, 0) is 25.8 Å². The summed E-state index contributed by atoms with van der Waals surface area (Å²) in [5, 5.41) is 17.5. The van der Waals surface area contributed by atoms with Gasteiger partial charge in [-0.2, -0.15) is 4.98 Å². The average molecular weight is 314 g/mol. The number of aliphatic hydroxyl groups excluding tert-OH is 1. The number of amides is 2. The fraction of sp³-hybridized carbons (Fsp3) is 0.667. The van der Waals surface area contributed by atoms with E-state index in [1.165, 1.54) is 0 Å². The lowest BCUT2D eigenvalue weighted by molar-refractivity contribution is -0.109. The molecule has 0 aliphatic rings. The fourth-order valence-electron chi connectivity index (χ4n) is 1.63. The molecule has 7 N–H and O–H groups in total. The van der Waals surface area contributed by atoms with Gasteiger partial charge in [-0.1, -0.05) is 5.16 Å². The number of carbonyl (C=O) groups excluding carboxylic acids is 2. The molecule has 2 atom stereocenters. The Labute approximate surface area is 127 Å². The van der Waals surface area contributed by atoms with Crippen LogP contribution in [-0.2, 0) is 11.3 Å². The molecular weight excluding hydrogens is 292 g/mol. The van der Waals surface area contributed by atoms with Crippen LogP contribution in [0.25, 0.3) is 0 Å². The molecule has 0 radical (unpaired) electrons. The van der Waals surface area contributed by atoms with E-state index in [1.54, 1.807) is 0 Å². The van der Waals surface area contributed by atoms with E-state index in [0.29, 0.717) is 19.3 Å². The molecule has 2 unspecified atom stereocenters. The highest BCUT2D eigenvalue weighted by molar-refractivity contribution is 5.77. The van der Waals surface area contributed by atoms with Crippen molar-refractivity contribution < 1.29 is 19.2 Å². The Morgan fingerprint density at radius 1 is 1.45 bits per heavy atom. The first-order valence-electron chi connectivity index (χ1n) is 6.99. The molecule has 10 heteroatoms. The van der Waals surface area contributed by atoms with Crippen LogP contribution in [0.15, 0.2) is 4.52 Å². The second-order valence-electron chi connectivity index (χ2n) is 4.69. The molecule has 1 heterocycles. The topological polar surface area (TPSA) is 169 Å². The number of aldehydes is 1. The molecule has 0 bridgehead atoms. The van der Waals surface area contributed by atoms with Crippen LogP contribution in [0, 0.1) is 0 Å². The van der Waals surface area contributed by atoms with E-state index in [2.05, 4.69) is 20.8 Å². The van der Waals surface area contributed by atoms with Crippen molar-refractivity contribution in [2.45, 2.75) is 37.9 Å². The summed E-state index contributed by atoms with van der Waals surface area (Å²) in [6, 6.07) is -1.81. The zero-order valence-electron chi connectivity index (χ0n) is 12.2. The number of aromatic nitrogens is 2. The molecule has 22 heavy (non-hydrogen) atoms. The van der Waals surface area contributed by atoms with Crippen molar-refractivity contribution >= 4 is 12.3 Å². The molecule has 2 amide bonds. The molecule has 1 rings (SSSR count). The molecular formula is C12H22N6O4. The van der Waals surface area contributed by atoms with Gasteiger partial charge in [0.1, 0.15) is 6.29 Å². The van der Waals surface area contributed by atoms with Crippen molar-refractivity contribution in [3.8, 4) is 0 Å². The third-order valence-corrected chi connectivity index (χ3v) is 2.86. The number of rotatable bonds is 10. The molecule has 0 fully saturated rings. The van der Waals surface area contributed by atoms with Crippen LogP contribution in [0.5, 0.6) is 0 Å². The number of nitrogens with zero attached hydrogens (tertiary/aromatic N) is 2. The Morgan fingerprint density at radius 2 is 2.23 bits per heavy atom. The molecule has 0 saturated carbocycles. The largest absolute Gasteiger partial charge is 0.394 e. The smallest absolute Gasteiger partial charge is 0.315 e. The van der Waals surface area contributed by atoms with Gasteiger partial charge in [0, 0.05) is 0 Å². The molecule has 0 aromatic carbocycles. The van der Waals surface area contributed by atoms with E-state index in [9.17, 15) is 9.59 Å². The summed E-state index contributed by atoms with van der Waals surface area (Å²) in [5.74, 6) is 0.312. The lowest BCUT2D eigenvalue weighted by Gasteiger charge is -2.12. The summed E-state index contributed by atoms with van der Waals surface area (Å²) in [6.45, 7) is 0.231. The maximum Gasteiger partial charge on any atom is 0.315 e. The quantitative estimate of drug-likeness (QED) is 0.258. The van der Waals surface area contributed by atoms with Crippen molar-refractivity contribution in [2.75, 3.05) is 13.2 Å². The number of nitrogens with two attached hydrogens (primary N) is 2. The Kier molecular flexibility index (Phi) is 8.04. The molecule has 1 aromatic heterocycles. The average Bonchev–Trinajstić information content (AvgIpc) is 3.00. The van der Waals surface area contributed by atoms with Gasteiger partial charge < -0.3 is 36.5 Å². The number of hydrogen-bond donors (Lipinski definition) is 5. The number of urea groups is 1. The van der Waals surface area contributed by atoms with Crippen LogP contribution in [0.3, 0.4) is 0 Å². The predicted octanol–water partition coefficient (Wildman–Crippen LogP) is -1.44. The van der Waals surface area contributed by atoms with Gasteiger partial charge in [-0.15, -0.1) is 0 Å². The van der Waals surface area contributed by atoms with Crippen molar-refractivity contribution in [1.29, 1.82) is 0 Å². The zero-order chi connectivity index (χ0) is 16.4. The van der Waals surface area contributed by atoms with Crippen molar-refractivity contribution in [2.24, 2.45) is 11.5 Å². The van der Waals surface area contributed by atoms with Crippen LogP contribution >= 0.6 is 0 Å². The maximum atomic E-state index is 11.7. The van der Waals surface area contributed by atoms with Crippen molar-refractivity contribution in [3.05, 3.63) is 11.7 Å². The van der Waals surface area contributed by atoms with E-state index in [-0.39, 0.29) is 24.9 Å². The van der Waals surface area contributed by atoms with Gasteiger partial charge in [0.15, 0.2) is 5.82 Å². The molecule has 0 saturated heterocycles. The first-order valence-corrected chi connectivity index (χ1v) is 6.99. The normalized spacial score (nSPS) is 13.4. The number of hydrogen-bond acceptors (Lipinski definition) is 8. The third-order valence-electron chi connectivity index (χ3n) is 2.86. The predicted molar refractivity (Wildman–Crippen MR) is 76.4 cm³/mol. The number of carbonyl (C=O) groups is 2. The minimum Gasteiger partial charge on any atom is -0.394 e. The summed E-state index contributed by atoms with van der Waals surface area (Å²) in [6.07, 6.45) is 2.76. The Bertz CT molecular complexity index is 466. The molecule has 0 spiro atoms. The number of nitrogens with one attached hydrogen (secondary N) is 2. The molecule has 0 aliphatic heterocycles. The zero-order valence-corrected chi connectivity index (χ0v) is 12.2. The molecule has 1 aromatic rings. The van der Waals surface area contributed by atoms with Crippen LogP contribution in [0.4, 0.5) is 4.79 Å². The number of unbranched alkanes of at least 4 members (excludes halogenated alkanes) is 1. The van der Waals surface area contributed by atoms with Gasteiger partial charge in [0.05, 0.1) is 25.2 Å². The Balaban J connectivity index is 2.35. The lowest BCUT2D eigenvalue weighted by Crippen LogP contribution is -2.42. The third kappa shape index (κ3) is 6.16. The maximum absolute atomic E-state index is 11.7. The van der Waals surface area contributed by atoms with Gasteiger partial charge in [0.25, 0.3) is 0 Å². The van der Waals surface area contributed by atoms with Crippen molar-refractivity contribution in [1.82, 2.24) is 20.8 Å². The summed E-state index contributed by atoms with van der Waals surface area (Å²) < 4.78 is 4.87. The van der Waals surface area contributed by atoms with Gasteiger partial charge in [-0.25, -0.2) is 4.79 Å². The first-order chi connectivity index (χ1) is 10.6. The van der Waals surface area contributed by atoms with Gasteiger partial charge in [0.2, 0.25) is 5.89 Å². The van der Waals surface area contributed by atoms with Crippen LogP contribution in [-0.4, -0.2) is 46.8 Å². The van der Waals surface area contributed by atoms with E-state index < -0.39 is 18.1 Å².